The van der Waals surface area contributed by atoms with Crippen molar-refractivity contribution in [2.45, 2.75) is 13.8 Å². The predicted octanol–water partition coefficient (Wildman–Crippen LogP) is 4.03. The van der Waals surface area contributed by atoms with Gasteiger partial charge in [0.2, 0.25) is 5.88 Å². The number of hydrogen-bond donors (Lipinski definition) is 0. The maximum absolute atomic E-state index is 10.9. The quantitative estimate of drug-likeness (QED) is 0.617. The smallest absolute Gasteiger partial charge is 0.274 e. The summed E-state index contributed by atoms with van der Waals surface area (Å²) in [6.07, 6.45) is 0. The number of nitro benzene ring substituents is 1. The van der Waals surface area contributed by atoms with Gasteiger partial charge in [0, 0.05) is 16.2 Å². The molecule has 0 atom stereocenters. The Morgan fingerprint density at radius 2 is 2.05 bits per heavy atom. The van der Waals surface area contributed by atoms with Crippen LogP contribution in [0.1, 0.15) is 16.8 Å². The molecule has 2 aromatic rings. The van der Waals surface area contributed by atoms with Crippen LogP contribution in [0.2, 0.25) is 0 Å². The zero-order valence-corrected chi connectivity index (χ0v) is 12.8. The number of aromatic nitrogens is 1. The summed E-state index contributed by atoms with van der Waals surface area (Å²) in [5, 5.41) is 20.0. The lowest BCUT2D eigenvalue weighted by Crippen LogP contribution is -1.97. The molecule has 6 nitrogen and oxygen atoms in total. The van der Waals surface area contributed by atoms with Crippen molar-refractivity contribution in [3.05, 3.63) is 55.7 Å². The molecule has 0 aliphatic rings. The number of halogens is 1. The number of pyridine rings is 1. The summed E-state index contributed by atoms with van der Waals surface area (Å²) in [7, 11) is 0. The van der Waals surface area contributed by atoms with Gasteiger partial charge < -0.3 is 4.74 Å². The summed E-state index contributed by atoms with van der Waals surface area (Å²) >= 11 is 3.19. The lowest BCUT2D eigenvalue weighted by atomic mass is 10.1. The highest BCUT2D eigenvalue weighted by Crippen LogP contribution is 2.31. The van der Waals surface area contributed by atoms with Crippen LogP contribution in [0.25, 0.3) is 0 Å². The number of non-ortho nitro benzene ring substituents is 1. The normalized spacial score (nSPS) is 10.0. The molecular formula is C14H10BrN3O3. The van der Waals surface area contributed by atoms with E-state index in [-0.39, 0.29) is 17.3 Å². The SMILES string of the molecule is Cc1cc(C)c(C#N)c(Oc2cc(Br)cc([N+](=O)[O-])c2)n1. The second-order valence-electron chi connectivity index (χ2n) is 4.38. The summed E-state index contributed by atoms with van der Waals surface area (Å²) < 4.78 is 6.07. The molecule has 0 spiro atoms. The summed E-state index contributed by atoms with van der Waals surface area (Å²) in [5.41, 5.74) is 1.64. The number of aryl methyl sites for hydroxylation is 2. The van der Waals surface area contributed by atoms with Crippen molar-refractivity contribution >= 4 is 21.6 Å². The van der Waals surface area contributed by atoms with Gasteiger partial charge in [-0.2, -0.15) is 5.26 Å². The van der Waals surface area contributed by atoms with Gasteiger partial charge in [0.05, 0.1) is 11.0 Å². The molecule has 0 N–H and O–H groups in total. The summed E-state index contributed by atoms with van der Waals surface area (Å²) in [5.74, 6) is 0.382. The number of ether oxygens (including phenoxy) is 1. The number of nitro groups is 1. The highest BCUT2D eigenvalue weighted by atomic mass is 79.9. The van der Waals surface area contributed by atoms with Gasteiger partial charge in [0.1, 0.15) is 17.4 Å². The fourth-order valence-corrected chi connectivity index (χ4v) is 2.30. The van der Waals surface area contributed by atoms with Crippen molar-refractivity contribution in [1.82, 2.24) is 4.98 Å². The van der Waals surface area contributed by atoms with Crippen molar-refractivity contribution in [2.24, 2.45) is 0 Å². The molecule has 0 fully saturated rings. The van der Waals surface area contributed by atoms with Crippen molar-refractivity contribution in [3.8, 4) is 17.7 Å². The highest BCUT2D eigenvalue weighted by Gasteiger charge is 2.14. The minimum absolute atomic E-state index is 0.109. The maximum atomic E-state index is 10.9. The maximum Gasteiger partial charge on any atom is 0.274 e. The fraction of sp³-hybridized carbons (Fsp3) is 0.143. The Labute approximate surface area is 129 Å². The molecule has 21 heavy (non-hydrogen) atoms. The average Bonchev–Trinajstić information content (AvgIpc) is 2.37. The standard InChI is InChI=1S/C14H10BrN3O3/c1-8-3-9(2)17-14(13(8)7-16)21-12-5-10(15)4-11(6-12)18(19)20/h3-6H,1-2H3. The predicted molar refractivity (Wildman–Crippen MR) is 79.3 cm³/mol. The number of benzene rings is 1. The molecular weight excluding hydrogens is 338 g/mol. The van der Waals surface area contributed by atoms with Crippen LogP contribution >= 0.6 is 15.9 Å². The second-order valence-corrected chi connectivity index (χ2v) is 5.29. The molecule has 0 saturated heterocycles. The topological polar surface area (TPSA) is 89.0 Å². The van der Waals surface area contributed by atoms with Crippen LogP contribution in [-0.4, -0.2) is 9.91 Å². The molecule has 0 aliphatic carbocycles. The Morgan fingerprint density at radius 3 is 2.67 bits per heavy atom. The number of nitriles is 1. The lowest BCUT2D eigenvalue weighted by Gasteiger charge is -2.09. The van der Waals surface area contributed by atoms with Crippen molar-refractivity contribution in [2.75, 3.05) is 0 Å². The first kappa shape index (κ1) is 14.9. The zero-order valence-electron chi connectivity index (χ0n) is 11.3. The van der Waals surface area contributed by atoms with Gasteiger partial charge in [-0.3, -0.25) is 10.1 Å². The van der Waals surface area contributed by atoms with Gasteiger partial charge in [-0.15, -0.1) is 0 Å². The van der Waals surface area contributed by atoms with Crippen LogP contribution in [-0.2, 0) is 0 Å². The Morgan fingerprint density at radius 1 is 1.33 bits per heavy atom. The largest absolute Gasteiger partial charge is 0.437 e. The first-order valence-electron chi connectivity index (χ1n) is 5.92. The van der Waals surface area contributed by atoms with Gasteiger partial charge in [-0.05, 0) is 31.5 Å². The number of rotatable bonds is 3. The summed E-state index contributed by atoms with van der Waals surface area (Å²) in [6, 6.07) is 8.03. The monoisotopic (exact) mass is 347 g/mol. The first-order chi connectivity index (χ1) is 9.90. The van der Waals surface area contributed by atoms with E-state index in [1.54, 1.807) is 26.0 Å². The van der Waals surface area contributed by atoms with E-state index in [0.717, 1.165) is 5.56 Å². The number of nitrogens with zero attached hydrogens (tertiary/aromatic N) is 3. The Hall–Kier alpha value is -2.46. The molecule has 1 aromatic carbocycles. The lowest BCUT2D eigenvalue weighted by molar-refractivity contribution is -0.385. The van der Waals surface area contributed by atoms with E-state index in [1.165, 1.54) is 12.1 Å². The minimum atomic E-state index is -0.516. The number of hydrogen-bond acceptors (Lipinski definition) is 5. The molecule has 7 heteroatoms. The molecule has 0 aliphatic heterocycles. The molecule has 0 unspecified atom stereocenters. The average molecular weight is 348 g/mol. The second kappa shape index (κ2) is 5.89. The molecule has 106 valence electrons. The van der Waals surface area contributed by atoms with Crippen LogP contribution < -0.4 is 4.74 Å². The Kier molecular flexibility index (Phi) is 4.19. The molecule has 0 amide bonds. The van der Waals surface area contributed by atoms with Gasteiger partial charge in [-0.25, -0.2) is 4.98 Å². The highest BCUT2D eigenvalue weighted by molar-refractivity contribution is 9.10. The van der Waals surface area contributed by atoms with Crippen LogP contribution in [0.5, 0.6) is 11.6 Å². The van der Waals surface area contributed by atoms with E-state index in [4.69, 9.17) is 4.74 Å². The van der Waals surface area contributed by atoms with E-state index in [1.807, 2.05) is 6.07 Å². The third-order valence-electron chi connectivity index (χ3n) is 2.70. The van der Waals surface area contributed by atoms with Crippen molar-refractivity contribution < 1.29 is 9.66 Å². The molecule has 2 rings (SSSR count). The summed E-state index contributed by atoms with van der Waals surface area (Å²) in [4.78, 5) is 14.5. The fourth-order valence-electron chi connectivity index (χ4n) is 1.84. The first-order valence-corrected chi connectivity index (χ1v) is 6.71. The van der Waals surface area contributed by atoms with E-state index in [2.05, 4.69) is 20.9 Å². The molecule has 0 radical (unpaired) electrons. The molecule has 1 aromatic heterocycles. The van der Waals surface area contributed by atoms with Gasteiger partial charge in [0.15, 0.2) is 0 Å². The molecule has 0 saturated carbocycles. The minimum Gasteiger partial charge on any atom is -0.437 e. The van der Waals surface area contributed by atoms with E-state index >= 15 is 0 Å². The Bertz CT molecular complexity index is 769. The van der Waals surface area contributed by atoms with Gasteiger partial charge in [0.25, 0.3) is 5.69 Å². The van der Waals surface area contributed by atoms with Gasteiger partial charge in [-0.1, -0.05) is 15.9 Å². The Balaban J connectivity index is 2.48. The van der Waals surface area contributed by atoms with E-state index < -0.39 is 4.92 Å². The molecule has 1 heterocycles. The van der Waals surface area contributed by atoms with E-state index in [9.17, 15) is 15.4 Å². The van der Waals surface area contributed by atoms with Gasteiger partial charge >= 0.3 is 0 Å². The van der Waals surface area contributed by atoms with Crippen LogP contribution in [0.3, 0.4) is 0 Å². The van der Waals surface area contributed by atoms with Crippen molar-refractivity contribution in [1.29, 1.82) is 5.26 Å². The third kappa shape index (κ3) is 3.35. The third-order valence-corrected chi connectivity index (χ3v) is 3.16. The van der Waals surface area contributed by atoms with Crippen LogP contribution in [0, 0.1) is 35.3 Å². The zero-order chi connectivity index (χ0) is 15.6. The molecule has 0 bridgehead atoms. The van der Waals surface area contributed by atoms with Crippen LogP contribution in [0.15, 0.2) is 28.7 Å². The van der Waals surface area contributed by atoms with E-state index in [0.29, 0.717) is 15.7 Å². The van der Waals surface area contributed by atoms with Crippen molar-refractivity contribution in [3.63, 3.8) is 0 Å². The summed E-state index contributed by atoms with van der Waals surface area (Å²) in [6.45, 7) is 3.56. The van der Waals surface area contributed by atoms with Crippen LogP contribution in [0.4, 0.5) is 5.69 Å².